The summed E-state index contributed by atoms with van der Waals surface area (Å²) in [7, 11) is -1.65. The van der Waals surface area contributed by atoms with Gasteiger partial charge >= 0.3 is 0 Å². The minimum Gasteiger partial charge on any atom is -0.316 e. The molecule has 1 unspecified atom stereocenters. The standard InChI is InChI=1S/C12H17N3O2S/c1-10(14-2)8-15-18(16,17)9-12-6-4-3-5-11(12)7-13/h3-6,10,14-15H,8-9H2,1-2H3. The van der Waals surface area contributed by atoms with Gasteiger partial charge in [0.15, 0.2) is 0 Å². The maximum absolute atomic E-state index is 11.8. The molecule has 0 saturated carbocycles. The second-order valence-corrected chi connectivity index (χ2v) is 5.87. The van der Waals surface area contributed by atoms with E-state index in [0.29, 0.717) is 17.7 Å². The predicted octanol–water partition coefficient (Wildman–Crippen LogP) is 0.586. The minimum absolute atomic E-state index is 0.0611. The molecule has 0 fully saturated rings. The molecule has 0 amide bonds. The number of sulfonamides is 1. The summed E-state index contributed by atoms with van der Waals surface area (Å²) in [6.45, 7) is 2.21. The zero-order valence-corrected chi connectivity index (χ0v) is 11.3. The summed E-state index contributed by atoms with van der Waals surface area (Å²) in [6.07, 6.45) is 0. The van der Waals surface area contributed by atoms with Gasteiger partial charge in [-0.3, -0.25) is 0 Å². The van der Waals surface area contributed by atoms with Crippen LogP contribution in [0.25, 0.3) is 0 Å². The van der Waals surface area contributed by atoms with Gasteiger partial charge in [0.1, 0.15) is 0 Å². The van der Waals surface area contributed by atoms with Gasteiger partial charge < -0.3 is 5.32 Å². The van der Waals surface area contributed by atoms with Gasteiger partial charge in [-0.1, -0.05) is 18.2 Å². The van der Waals surface area contributed by atoms with Crippen LogP contribution in [0.2, 0.25) is 0 Å². The van der Waals surface area contributed by atoms with Gasteiger partial charge in [0.05, 0.1) is 17.4 Å². The molecular weight excluding hydrogens is 250 g/mol. The monoisotopic (exact) mass is 267 g/mol. The first-order valence-electron chi connectivity index (χ1n) is 5.61. The number of nitrogens with zero attached hydrogens (tertiary/aromatic N) is 1. The Bertz CT molecular complexity index is 534. The van der Waals surface area contributed by atoms with Crippen molar-refractivity contribution >= 4 is 10.0 Å². The van der Waals surface area contributed by atoms with Gasteiger partial charge in [0, 0.05) is 12.6 Å². The molecule has 1 atom stereocenters. The second-order valence-electron chi connectivity index (χ2n) is 4.07. The first-order valence-corrected chi connectivity index (χ1v) is 7.26. The summed E-state index contributed by atoms with van der Waals surface area (Å²) in [5.41, 5.74) is 0.911. The van der Waals surface area contributed by atoms with E-state index in [1.807, 2.05) is 13.0 Å². The van der Waals surface area contributed by atoms with Crippen molar-refractivity contribution in [3.05, 3.63) is 35.4 Å². The van der Waals surface area contributed by atoms with E-state index in [0.717, 1.165) is 0 Å². The summed E-state index contributed by atoms with van der Waals surface area (Å²) in [6, 6.07) is 8.75. The van der Waals surface area contributed by atoms with Crippen LogP contribution in [0.1, 0.15) is 18.1 Å². The summed E-state index contributed by atoms with van der Waals surface area (Å²) in [5.74, 6) is -0.173. The molecule has 18 heavy (non-hydrogen) atoms. The molecule has 98 valence electrons. The van der Waals surface area contributed by atoms with E-state index in [4.69, 9.17) is 5.26 Å². The van der Waals surface area contributed by atoms with Crippen molar-refractivity contribution in [2.45, 2.75) is 18.7 Å². The molecule has 1 rings (SSSR count). The van der Waals surface area contributed by atoms with Crippen molar-refractivity contribution in [3.8, 4) is 6.07 Å². The molecule has 2 N–H and O–H groups in total. The average Bonchev–Trinajstić information content (AvgIpc) is 2.36. The van der Waals surface area contributed by atoms with Crippen molar-refractivity contribution in [2.24, 2.45) is 0 Å². The number of nitrogens with one attached hydrogen (secondary N) is 2. The van der Waals surface area contributed by atoms with Crippen LogP contribution in [0, 0.1) is 11.3 Å². The Kier molecular flexibility index (Phi) is 5.28. The smallest absolute Gasteiger partial charge is 0.215 e. The van der Waals surface area contributed by atoms with Gasteiger partial charge in [-0.15, -0.1) is 0 Å². The third kappa shape index (κ3) is 4.45. The molecule has 1 aromatic rings. The summed E-state index contributed by atoms with van der Waals surface area (Å²) in [5, 5.41) is 11.8. The minimum atomic E-state index is -3.41. The predicted molar refractivity (Wildman–Crippen MR) is 70.3 cm³/mol. The van der Waals surface area contributed by atoms with Crippen LogP contribution in [-0.2, 0) is 15.8 Å². The van der Waals surface area contributed by atoms with E-state index in [-0.39, 0.29) is 11.8 Å². The first kappa shape index (κ1) is 14.6. The fraction of sp³-hybridized carbons (Fsp3) is 0.417. The molecule has 6 heteroatoms. The van der Waals surface area contributed by atoms with Gasteiger partial charge in [-0.05, 0) is 25.6 Å². The molecule has 0 aliphatic carbocycles. The molecule has 0 aromatic heterocycles. The van der Waals surface area contributed by atoms with E-state index < -0.39 is 10.0 Å². The number of nitriles is 1. The van der Waals surface area contributed by atoms with Crippen molar-refractivity contribution in [2.75, 3.05) is 13.6 Å². The Balaban J connectivity index is 2.74. The highest BCUT2D eigenvalue weighted by Crippen LogP contribution is 2.10. The zero-order chi connectivity index (χ0) is 13.6. The number of hydrogen-bond donors (Lipinski definition) is 2. The third-order valence-corrected chi connectivity index (χ3v) is 3.88. The maximum atomic E-state index is 11.8. The second kappa shape index (κ2) is 6.50. The van der Waals surface area contributed by atoms with E-state index in [2.05, 4.69) is 10.0 Å². The molecule has 0 heterocycles. The quantitative estimate of drug-likeness (QED) is 0.790. The van der Waals surface area contributed by atoms with Crippen LogP contribution < -0.4 is 10.0 Å². The van der Waals surface area contributed by atoms with E-state index in [1.165, 1.54) is 0 Å². The molecule has 0 saturated heterocycles. The van der Waals surface area contributed by atoms with Crippen LogP contribution in [0.3, 0.4) is 0 Å². The van der Waals surface area contributed by atoms with Crippen molar-refractivity contribution in [3.63, 3.8) is 0 Å². The van der Waals surface area contributed by atoms with Crippen LogP contribution in [0.5, 0.6) is 0 Å². The lowest BCUT2D eigenvalue weighted by atomic mass is 10.1. The molecule has 5 nitrogen and oxygen atoms in total. The Morgan fingerprint density at radius 3 is 2.67 bits per heavy atom. The molecule has 0 aliphatic heterocycles. The number of hydrogen-bond acceptors (Lipinski definition) is 4. The van der Waals surface area contributed by atoms with E-state index in [1.54, 1.807) is 31.3 Å². The van der Waals surface area contributed by atoms with Gasteiger partial charge in [-0.25, -0.2) is 13.1 Å². The van der Waals surface area contributed by atoms with Crippen LogP contribution in [0.15, 0.2) is 24.3 Å². The highest BCUT2D eigenvalue weighted by molar-refractivity contribution is 7.88. The van der Waals surface area contributed by atoms with Crippen LogP contribution in [-0.4, -0.2) is 28.1 Å². The Morgan fingerprint density at radius 1 is 1.39 bits per heavy atom. The number of likely N-dealkylation sites (N-methyl/N-ethyl adjacent to an activating group) is 1. The SMILES string of the molecule is CNC(C)CNS(=O)(=O)Cc1ccccc1C#N. The molecule has 0 aliphatic rings. The molecule has 0 bridgehead atoms. The van der Waals surface area contributed by atoms with Gasteiger partial charge in [0.2, 0.25) is 10.0 Å². The summed E-state index contributed by atoms with van der Waals surface area (Å²) < 4.78 is 26.2. The van der Waals surface area contributed by atoms with Crippen molar-refractivity contribution in [1.82, 2.24) is 10.0 Å². The highest BCUT2D eigenvalue weighted by atomic mass is 32.2. The van der Waals surface area contributed by atoms with Gasteiger partial charge in [-0.2, -0.15) is 5.26 Å². The van der Waals surface area contributed by atoms with Crippen molar-refractivity contribution in [1.29, 1.82) is 5.26 Å². The molecule has 0 radical (unpaired) electrons. The Morgan fingerprint density at radius 2 is 2.06 bits per heavy atom. The summed E-state index contributed by atoms with van der Waals surface area (Å²) >= 11 is 0. The van der Waals surface area contributed by atoms with Crippen LogP contribution >= 0.6 is 0 Å². The number of rotatable bonds is 6. The lowest BCUT2D eigenvalue weighted by Crippen LogP contribution is -2.37. The molecule has 0 spiro atoms. The topological polar surface area (TPSA) is 82.0 Å². The lowest BCUT2D eigenvalue weighted by Gasteiger charge is -2.12. The normalized spacial score (nSPS) is 12.9. The molecule has 1 aromatic carbocycles. The third-order valence-electron chi connectivity index (χ3n) is 2.59. The average molecular weight is 267 g/mol. The lowest BCUT2D eigenvalue weighted by molar-refractivity contribution is 0.553. The maximum Gasteiger partial charge on any atom is 0.215 e. The van der Waals surface area contributed by atoms with Crippen LogP contribution in [0.4, 0.5) is 0 Å². The zero-order valence-electron chi connectivity index (χ0n) is 10.5. The summed E-state index contributed by atoms with van der Waals surface area (Å²) in [4.78, 5) is 0. The Labute approximate surface area is 108 Å². The fourth-order valence-corrected chi connectivity index (χ4v) is 2.63. The Hall–Kier alpha value is -1.42. The van der Waals surface area contributed by atoms with E-state index in [9.17, 15) is 8.42 Å². The largest absolute Gasteiger partial charge is 0.316 e. The highest BCUT2D eigenvalue weighted by Gasteiger charge is 2.14. The van der Waals surface area contributed by atoms with Gasteiger partial charge in [0.25, 0.3) is 0 Å². The number of benzene rings is 1. The fourth-order valence-electron chi connectivity index (χ4n) is 1.37. The van der Waals surface area contributed by atoms with Crippen molar-refractivity contribution < 1.29 is 8.42 Å². The molecular formula is C12H17N3O2S. The first-order chi connectivity index (χ1) is 8.48. The van der Waals surface area contributed by atoms with E-state index >= 15 is 0 Å².